The van der Waals surface area contributed by atoms with Crippen LogP contribution in [-0.2, 0) is 6.54 Å². The van der Waals surface area contributed by atoms with Gasteiger partial charge in [0.2, 0.25) is 0 Å². The summed E-state index contributed by atoms with van der Waals surface area (Å²) in [5.41, 5.74) is 3.07. The van der Waals surface area contributed by atoms with Crippen molar-refractivity contribution in [2.45, 2.75) is 39.3 Å². The lowest BCUT2D eigenvalue weighted by Crippen LogP contribution is -2.40. The Hall–Kier alpha value is -2.92. The number of hydrogen-bond donors (Lipinski definition) is 1. The Morgan fingerprint density at radius 1 is 1.13 bits per heavy atom. The predicted molar refractivity (Wildman–Crippen MR) is 119 cm³/mol. The van der Waals surface area contributed by atoms with Gasteiger partial charge in [0.25, 0.3) is 5.56 Å². The van der Waals surface area contributed by atoms with E-state index >= 15 is 0 Å². The first kappa shape index (κ1) is 20.4. The molecule has 0 spiro atoms. The molecule has 0 unspecified atom stereocenters. The monoisotopic (exact) mass is 403 g/mol. The zero-order valence-corrected chi connectivity index (χ0v) is 17.7. The first-order chi connectivity index (χ1) is 14.5. The Morgan fingerprint density at radius 2 is 1.87 bits per heavy atom. The molecule has 1 N–H and O–H groups in total. The van der Waals surface area contributed by atoms with E-state index < -0.39 is 0 Å². The fraction of sp³-hybridized carbons (Fsp3) is 0.360. The molecule has 5 nitrogen and oxygen atoms in total. The summed E-state index contributed by atoms with van der Waals surface area (Å²) in [6.07, 6.45) is 5.70. The SMILES string of the molecule is Cc1cc(O)c([C@H](c2ccccc2)N2CCC(C)CC2)c(=O)n1Cc1cccnc1. The molecule has 0 radical (unpaired) electrons. The van der Waals surface area contributed by atoms with E-state index in [2.05, 4.69) is 16.8 Å². The number of benzene rings is 1. The van der Waals surface area contributed by atoms with Crippen LogP contribution in [0.5, 0.6) is 5.75 Å². The lowest BCUT2D eigenvalue weighted by Gasteiger charge is -2.37. The van der Waals surface area contributed by atoms with E-state index in [1.807, 2.05) is 49.4 Å². The van der Waals surface area contributed by atoms with Crippen LogP contribution in [0.1, 0.15) is 48.2 Å². The van der Waals surface area contributed by atoms with E-state index in [0.717, 1.165) is 42.8 Å². The summed E-state index contributed by atoms with van der Waals surface area (Å²) in [7, 11) is 0. The van der Waals surface area contributed by atoms with Crippen LogP contribution in [0.4, 0.5) is 0 Å². The van der Waals surface area contributed by atoms with Crippen LogP contribution in [0.25, 0.3) is 0 Å². The van der Waals surface area contributed by atoms with Gasteiger partial charge in [-0.2, -0.15) is 0 Å². The summed E-state index contributed by atoms with van der Waals surface area (Å²) in [5.74, 6) is 0.763. The number of nitrogens with zero attached hydrogens (tertiary/aromatic N) is 3. The summed E-state index contributed by atoms with van der Waals surface area (Å²) < 4.78 is 1.74. The zero-order valence-electron chi connectivity index (χ0n) is 17.7. The smallest absolute Gasteiger partial charge is 0.259 e. The van der Waals surface area contributed by atoms with Crippen molar-refractivity contribution in [2.24, 2.45) is 5.92 Å². The van der Waals surface area contributed by atoms with Crippen molar-refractivity contribution in [3.05, 3.63) is 93.7 Å². The molecule has 3 aromatic rings. The largest absolute Gasteiger partial charge is 0.507 e. The van der Waals surface area contributed by atoms with Gasteiger partial charge in [-0.1, -0.05) is 43.3 Å². The highest BCUT2D eigenvalue weighted by molar-refractivity contribution is 5.41. The summed E-state index contributed by atoms with van der Waals surface area (Å²) in [6.45, 7) is 6.40. The first-order valence-electron chi connectivity index (χ1n) is 10.7. The van der Waals surface area contributed by atoms with Crippen molar-refractivity contribution in [3.63, 3.8) is 0 Å². The standard InChI is InChI=1S/C25H29N3O2/c1-18-10-13-27(14-11-18)24(21-8-4-3-5-9-21)23-22(29)15-19(2)28(25(23)30)17-20-7-6-12-26-16-20/h3-9,12,15-16,18,24,29H,10-11,13-14,17H2,1-2H3/t24-/m0/s1. The molecule has 30 heavy (non-hydrogen) atoms. The zero-order chi connectivity index (χ0) is 21.1. The van der Waals surface area contributed by atoms with Crippen molar-refractivity contribution >= 4 is 0 Å². The van der Waals surface area contributed by atoms with E-state index in [-0.39, 0.29) is 17.4 Å². The van der Waals surface area contributed by atoms with Crippen LogP contribution in [-0.4, -0.2) is 32.6 Å². The minimum absolute atomic E-state index is 0.0763. The molecule has 1 aliphatic rings. The molecule has 1 fully saturated rings. The van der Waals surface area contributed by atoms with Crippen LogP contribution in [0.15, 0.2) is 65.7 Å². The maximum absolute atomic E-state index is 13.7. The summed E-state index contributed by atoms with van der Waals surface area (Å²) in [4.78, 5) is 20.2. The van der Waals surface area contributed by atoms with Crippen LogP contribution in [0.2, 0.25) is 0 Å². The number of aromatic nitrogens is 2. The molecule has 5 heteroatoms. The number of piperidine rings is 1. The van der Waals surface area contributed by atoms with Crippen molar-refractivity contribution in [1.82, 2.24) is 14.5 Å². The second-order valence-corrected chi connectivity index (χ2v) is 8.37. The van der Waals surface area contributed by atoms with Gasteiger partial charge in [0.15, 0.2) is 0 Å². The molecule has 3 heterocycles. The number of pyridine rings is 2. The van der Waals surface area contributed by atoms with Gasteiger partial charge < -0.3 is 9.67 Å². The number of rotatable bonds is 5. The highest BCUT2D eigenvalue weighted by Gasteiger charge is 2.31. The third-order valence-electron chi connectivity index (χ3n) is 6.16. The van der Waals surface area contributed by atoms with E-state index in [0.29, 0.717) is 18.0 Å². The van der Waals surface area contributed by atoms with Gasteiger partial charge in [0, 0.05) is 18.1 Å². The van der Waals surface area contributed by atoms with Crippen molar-refractivity contribution in [2.75, 3.05) is 13.1 Å². The van der Waals surface area contributed by atoms with Crippen LogP contribution in [0, 0.1) is 12.8 Å². The molecule has 0 aliphatic carbocycles. The molecule has 0 saturated carbocycles. The molecule has 1 aliphatic heterocycles. The molecule has 1 aromatic carbocycles. The molecule has 156 valence electrons. The first-order valence-corrected chi connectivity index (χ1v) is 10.7. The molecule has 4 rings (SSSR count). The minimum atomic E-state index is -0.257. The lowest BCUT2D eigenvalue weighted by atomic mass is 9.92. The maximum Gasteiger partial charge on any atom is 0.259 e. The van der Waals surface area contributed by atoms with Crippen LogP contribution >= 0.6 is 0 Å². The lowest BCUT2D eigenvalue weighted by molar-refractivity contribution is 0.155. The second-order valence-electron chi connectivity index (χ2n) is 8.37. The average molecular weight is 404 g/mol. The van der Waals surface area contributed by atoms with E-state index in [1.165, 1.54) is 0 Å². The van der Waals surface area contributed by atoms with Crippen LogP contribution < -0.4 is 5.56 Å². The van der Waals surface area contributed by atoms with Gasteiger partial charge in [0.05, 0.1) is 18.2 Å². The molecule has 1 saturated heterocycles. The quantitative estimate of drug-likeness (QED) is 0.696. The Kier molecular flexibility index (Phi) is 6.00. The van der Waals surface area contributed by atoms with E-state index in [4.69, 9.17) is 0 Å². The fourth-order valence-electron chi connectivity index (χ4n) is 4.38. The Labute approximate surface area is 177 Å². The van der Waals surface area contributed by atoms with Crippen LogP contribution in [0.3, 0.4) is 0 Å². The van der Waals surface area contributed by atoms with Crippen molar-refractivity contribution in [1.29, 1.82) is 0 Å². The molecule has 0 amide bonds. The normalized spacial score (nSPS) is 16.5. The molecule has 0 bridgehead atoms. The average Bonchev–Trinajstić information content (AvgIpc) is 2.76. The highest BCUT2D eigenvalue weighted by Crippen LogP contribution is 2.35. The number of aryl methyl sites for hydroxylation is 1. The Bertz CT molecular complexity index is 1040. The maximum atomic E-state index is 13.7. The molecule has 2 aromatic heterocycles. The molecular formula is C25H29N3O2. The number of likely N-dealkylation sites (tertiary alicyclic amines) is 1. The number of hydrogen-bond acceptors (Lipinski definition) is 4. The molecular weight excluding hydrogens is 374 g/mol. The highest BCUT2D eigenvalue weighted by atomic mass is 16.3. The summed E-state index contributed by atoms with van der Waals surface area (Å²) in [5, 5.41) is 10.9. The summed E-state index contributed by atoms with van der Waals surface area (Å²) in [6, 6.07) is 15.4. The van der Waals surface area contributed by atoms with Gasteiger partial charge in [0.1, 0.15) is 5.75 Å². The Balaban J connectivity index is 1.82. The Morgan fingerprint density at radius 3 is 2.53 bits per heavy atom. The van der Waals surface area contributed by atoms with Gasteiger partial charge in [-0.15, -0.1) is 0 Å². The van der Waals surface area contributed by atoms with Gasteiger partial charge in [-0.25, -0.2) is 0 Å². The second kappa shape index (κ2) is 8.84. The third-order valence-corrected chi connectivity index (χ3v) is 6.16. The van der Waals surface area contributed by atoms with E-state index in [1.54, 1.807) is 23.0 Å². The van der Waals surface area contributed by atoms with Gasteiger partial charge in [-0.05, 0) is 62.0 Å². The van der Waals surface area contributed by atoms with E-state index in [9.17, 15) is 9.90 Å². The van der Waals surface area contributed by atoms with Crippen molar-refractivity contribution in [3.8, 4) is 5.75 Å². The number of aromatic hydroxyl groups is 1. The van der Waals surface area contributed by atoms with Crippen molar-refractivity contribution < 1.29 is 5.11 Å². The fourth-order valence-corrected chi connectivity index (χ4v) is 4.38. The molecule has 1 atom stereocenters. The van der Waals surface area contributed by atoms with Gasteiger partial charge >= 0.3 is 0 Å². The minimum Gasteiger partial charge on any atom is -0.507 e. The summed E-state index contributed by atoms with van der Waals surface area (Å²) >= 11 is 0. The third kappa shape index (κ3) is 4.17. The topological polar surface area (TPSA) is 58.4 Å². The predicted octanol–water partition coefficient (Wildman–Crippen LogP) is 4.13. The van der Waals surface area contributed by atoms with Gasteiger partial charge in [-0.3, -0.25) is 14.7 Å².